The maximum atomic E-state index is 13.7. The number of thiazole rings is 1. The molecule has 4 heterocycles. The number of benzene rings is 1. The standard InChI is InChI=1S/C24H16FN7O3S2/c1-32-20(5-7-30-32)18-12-19(15-4-6-27-23(25)11-15)29-14-22(18)35-21-3-2-17(10-16(21)13-26)37(33,34)31-24-28-8-9-36-24/h2-12,14H,1H3,(H,28,31). The molecule has 13 heteroatoms. The van der Waals surface area contributed by atoms with Crippen molar-refractivity contribution in [3.05, 3.63) is 84.1 Å². The Hall–Kier alpha value is -4.67. The summed E-state index contributed by atoms with van der Waals surface area (Å²) in [5, 5.41) is 15.8. The Kier molecular flexibility index (Phi) is 6.34. The zero-order valence-electron chi connectivity index (χ0n) is 19.0. The Morgan fingerprint density at radius 3 is 2.62 bits per heavy atom. The number of nitrogens with zero attached hydrogens (tertiary/aromatic N) is 6. The number of nitriles is 1. The van der Waals surface area contributed by atoms with Crippen LogP contribution in [-0.2, 0) is 17.1 Å². The lowest BCUT2D eigenvalue weighted by Gasteiger charge is -2.14. The first kappa shape index (κ1) is 24.0. The van der Waals surface area contributed by atoms with Crippen LogP contribution >= 0.6 is 11.3 Å². The second kappa shape index (κ2) is 9.76. The van der Waals surface area contributed by atoms with Crippen LogP contribution in [-0.4, -0.2) is 33.2 Å². The summed E-state index contributed by atoms with van der Waals surface area (Å²) >= 11 is 1.13. The molecule has 10 nitrogen and oxygen atoms in total. The molecule has 0 spiro atoms. The molecule has 5 aromatic rings. The van der Waals surface area contributed by atoms with E-state index in [2.05, 4.69) is 24.8 Å². The lowest BCUT2D eigenvalue weighted by molar-refractivity contribution is 0.479. The summed E-state index contributed by atoms with van der Waals surface area (Å²) in [6.45, 7) is 0. The van der Waals surface area contributed by atoms with E-state index in [9.17, 15) is 18.1 Å². The van der Waals surface area contributed by atoms with Crippen molar-refractivity contribution in [2.45, 2.75) is 4.90 Å². The zero-order valence-corrected chi connectivity index (χ0v) is 20.7. The smallest absolute Gasteiger partial charge is 0.263 e. The number of anilines is 1. The Morgan fingerprint density at radius 2 is 1.92 bits per heavy atom. The van der Waals surface area contributed by atoms with Crippen molar-refractivity contribution in [3.8, 4) is 40.1 Å². The average molecular weight is 534 g/mol. The first-order valence-corrected chi connectivity index (χ1v) is 12.9. The number of halogens is 1. The van der Waals surface area contributed by atoms with E-state index in [1.807, 2.05) is 6.07 Å². The van der Waals surface area contributed by atoms with Crippen molar-refractivity contribution < 1.29 is 17.5 Å². The first-order chi connectivity index (χ1) is 17.8. The summed E-state index contributed by atoms with van der Waals surface area (Å²) in [7, 11) is -2.21. The van der Waals surface area contributed by atoms with E-state index in [1.165, 1.54) is 42.9 Å². The van der Waals surface area contributed by atoms with E-state index < -0.39 is 16.0 Å². The highest BCUT2D eigenvalue weighted by molar-refractivity contribution is 7.93. The molecule has 0 aliphatic rings. The van der Waals surface area contributed by atoms with Gasteiger partial charge < -0.3 is 4.74 Å². The van der Waals surface area contributed by atoms with Gasteiger partial charge in [-0.3, -0.25) is 14.4 Å². The van der Waals surface area contributed by atoms with E-state index in [4.69, 9.17) is 4.74 Å². The van der Waals surface area contributed by atoms with Crippen molar-refractivity contribution in [2.24, 2.45) is 7.05 Å². The minimum atomic E-state index is -3.96. The molecule has 0 saturated carbocycles. The molecule has 0 amide bonds. The summed E-state index contributed by atoms with van der Waals surface area (Å²) in [6.07, 6.45) is 5.89. The Balaban J connectivity index is 1.53. The molecule has 184 valence electrons. The number of ether oxygens (including phenoxy) is 1. The summed E-state index contributed by atoms with van der Waals surface area (Å²) in [5.41, 5.74) is 2.24. The van der Waals surface area contributed by atoms with Crippen LogP contribution < -0.4 is 9.46 Å². The minimum Gasteiger partial charge on any atom is -0.454 e. The topological polar surface area (TPSA) is 136 Å². The van der Waals surface area contributed by atoms with Crippen LogP contribution in [0.15, 0.2) is 77.5 Å². The number of pyridine rings is 2. The molecule has 37 heavy (non-hydrogen) atoms. The highest BCUT2D eigenvalue weighted by Gasteiger charge is 2.20. The second-order valence-electron chi connectivity index (χ2n) is 7.59. The number of hydrogen-bond acceptors (Lipinski definition) is 9. The van der Waals surface area contributed by atoms with E-state index in [1.54, 1.807) is 41.5 Å². The Morgan fingerprint density at radius 1 is 1.05 bits per heavy atom. The van der Waals surface area contributed by atoms with Gasteiger partial charge in [-0.05, 0) is 36.4 Å². The molecule has 0 bridgehead atoms. The van der Waals surface area contributed by atoms with E-state index in [-0.39, 0.29) is 27.1 Å². The van der Waals surface area contributed by atoms with Crippen molar-refractivity contribution >= 4 is 26.5 Å². The van der Waals surface area contributed by atoms with Crippen molar-refractivity contribution in [2.75, 3.05) is 4.72 Å². The van der Waals surface area contributed by atoms with Gasteiger partial charge in [0.15, 0.2) is 10.9 Å². The van der Waals surface area contributed by atoms with Gasteiger partial charge in [-0.2, -0.15) is 14.8 Å². The first-order valence-electron chi connectivity index (χ1n) is 10.6. The molecule has 0 fully saturated rings. The molecule has 0 radical (unpaired) electrons. The fourth-order valence-corrected chi connectivity index (χ4v) is 5.32. The van der Waals surface area contributed by atoms with Gasteiger partial charge >= 0.3 is 0 Å². The number of sulfonamides is 1. The molecular formula is C24H16FN7O3S2. The van der Waals surface area contributed by atoms with Crippen LogP contribution in [0.25, 0.3) is 22.5 Å². The van der Waals surface area contributed by atoms with Crippen molar-refractivity contribution in [3.63, 3.8) is 0 Å². The average Bonchev–Trinajstić information content (AvgIpc) is 3.55. The van der Waals surface area contributed by atoms with Gasteiger partial charge in [0.25, 0.3) is 10.0 Å². The lowest BCUT2D eigenvalue weighted by atomic mass is 10.1. The van der Waals surface area contributed by atoms with E-state index in [0.29, 0.717) is 22.5 Å². The van der Waals surface area contributed by atoms with E-state index in [0.717, 1.165) is 11.3 Å². The van der Waals surface area contributed by atoms with Crippen LogP contribution in [0.5, 0.6) is 11.5 Å². The fourth-order valence-electron chi connectivity index (χ4n) is 3.50. The van der Waals surface area contributed by atoms with E-state index >= 15 is 0 Å². The van der Waals surface area contributed by atoms with Gasteiger partial charge in [-0.1, -0.05) is 0 Å². The van der Waals surface area contributed by atoms with Crippen molar-refractivity contribution in [1.29, 1.82) is 5.26 Å². The van der Waals surface area contributed by atoms with Crippen molar-refractivity contribution in [1.82, 2.24) is 24.7 Å². The summed E-state index contributed by atoms with van der Waals surface area (Å²) in [5.74, 6) is -0.224. The van der Waals surface area contributed by atoms with Gasteiger partial charge in [-0.25, -0.2) is 18.4 Å². The number of nitrogens with one attached hydrogen (secondary N) is 1. The zero-order chi connectivity index (χ0) is 26.0. The highest BCUT2D eigenvalue weighted by atomic mass is 32.2. The quantitative estimate of drug-likeness (QED) is 0.300. The predicted octanol–water partition coefficient (Wildman–Crippen LogP) is 4.60. The predicted molar refractivity (Wildman–Crippen MR) is 134 cm³/mol. The molecule has 0 atom stereocenters. The molecule has 1 N–H and O–H groups in total. The summed E-state index contributed by atoms with van der Waals surface area (Å²) < 4.78 is 49.2. The van der Waals surface area contributed by atoms with Gasteiger partial charge in [0.1, 0.15) is 11.8 Å². The molecule has 0 aliphatic heterocycles. The fraction of sp³-hybridized carbons (Fsp3) is 0.0417. The molecule has 0 aliphatic carbocycles. The largest absolute Gasteiger partial charge is 0.454 e. The Bertz CT molecular complexity index is 1750. The molecule has 5 rings (SSSR count). The van der Waals surface area contributed by atoms with Crippen LogP contribution in [0.3, 0.4) is 0 Å². The minimum absolute atomic E-state index is 0.00162. The number of aromatic nitrogens is 5. The number of rotatable bonds is 7. The maximum Gasteiger partial charge on any atom is 0.263 e. The van der Waals surface area contributed by atoms with Crippen LogP contribution in [0.1, 0.15) is 5.56 Å². The molecule has 0 saturated heterocycles. The second-order valence-corrected chi connectivity index (χ2v) is 10.2. The SMILES string of the molecule is Cn1nccc1-c1cc(-c2ccnc(F)c2)ncc1Oc1ccc(S(=O)(=O)Nc2nccs2)cc1C#N. The summed E-state index contributed by atoms with van der Waals surface area (Å²) in [6, 6.07) is 12.3. The lowest BCUT2D eigenvalue weighted by Crippen LogP contribution is -2.13. The normalized spacial score (nSPS) is 11.2. The molecular weight excluding hydrogens is 517 g/mol. The molecule has 0 unspecified atom stereocenters. The Labute approximate surface area is 214 Å². The monoisotopic (exact) mass is 533 g/mol. The number of hydrogen-bond donors (Lipinski definition) is 1. The third-order valence-electron chi connectivity index (χ3n) is 5.24. The van der Waals surface area contributed by atoms with Gasteiger partial charge in [0.2, 0.25) is 5.95 Å². The van der Waals surface area contributed by atoms with Gasteiger partial charge in [0, 0.05) is 48.2 Å². The molecule has 1 aromatic carbocycles. The summed E-state index contributed by atoms with van der Waals surface area (Å²) in [4.78, 5) is 11.8. The third-order valence-corrected chi connectivity index (χ3v) is 7.40. The van der Waals surface area contributed by atoms with Gasteiger partial charge in [0.05, 0.1) is 28.0 Å². The third kappa shape index (κ3) is 5.01. The maximum absolute atomic E-state index is 13.7. The van der Waals surface area contributed by atoms with Gasteiger partial charge in [-0.15, -0.1) is 11.3 Å². The highest BCUT2D eigenvalue weighted by Crippen LogP contribution is 2.37. The van der Waals surface area contributed by atoms with Crippen LogP contribution in [0, 0.1) is 17.3 Å². The van der Waals surface area contributed by atoms with Crippen LogP contribution in [0.4, 0.5) is 9.52 Å². The van der Waals surface area contributed by atoms with Crippen LogP contribution in [0.2, 0.25) is 0 Å². The number of aryl methyl sites for hydroxylation is 1. The molecule has 4 aromatic heterocycles.